The van der Waals surface area contributed by atoms with E-state index in [1.165, 1.54) is 0 Å². The fraction of sp³-hybridized carbons (Fsp3) is 0.280. The van der Waals surface area contributed by atoms with Gasteiger partial charge in [0, 0.05) is 19.6 Å². The summed E-state index contributed by atoms with van der Waals surface area (Å²) >= 11 is 0. The molecule has 0 spiro atoms. The number of carbonyl (C=O) groups excluding carboxylic acids is 2. The molecular formula is C25H26N2O4. The fourth-order valence-electron chi connectivity index (χ4n) is 3.73. The van der Waals surface area contributed by atoms with E-state index in [9.17, 15) is 9.59 Å². The highest BCUT2D eigenvalue weighted by atomic mass is 16.6. The molecule has 6 nitrogen and oxygen atoms in total. The SMILES string of the molecule is COc1ccc2cccc(CCNC(=O)C3CN(C(=O)OCc4ccccc4)C3)c2c1. The maximum atomic E-state index is 12.4. The highest BCUT2D eigenvalue weighted by Crippen LogP contribution is 2.24. The van der Waals surface area contributed by atoms with Gasteiger partial charge >= 0.3 is 6.09 Å². The van der Waals surface area contributed by atoms with Crippen molar-refractivity contribution in [1.29, 1.82) is 0 Å². The van der Waals surface area contributed by atoms with Crippen LogP contribution in [-0.2, 0) is 22.6 Å². The number of methoxy groups -OCH3 is 1. The van der Waals surface area contributed by atoms with Crippen molar-refractivity contribution in [2.24, 2.45) is 5.92 Å². The molecule has 3 aromatic rings. The van der Waals surface area contributed by atoms with Crippen LogP contribution in [0.4, 0.5) is 4.79 Å². The second-order valence-corrected chi connectivity index (χ2v) is 7.69. The van der Waals surface area contributed by atoms with E-state index >= 15 is 0 Å². The summed E-state index contributed by atoms with van der Waals surface area (Å²) in [4.78, 5) is 26.1. The zero-order chi connectivity index (χ0) is 21.6. The Bertz CT molecular complexity index is 1060. The molecule has 1 heterocycles. The summed E-state index contributed by atoms with van der Waals surface area (Å²) in [5.41, 5.74) is 2.10. The third-order valence-corrected chi connectivity index (χ3v) is 5.59. The molecule has 1 N–H and O–H groups in total. The predicted molar refractivity (Wildman–Crippen MR) is 119 cm³/mol. The third-order valence-electron chi connectivity index (χ3n) is 5.59. The fourth-order valence-corrected chi connectivity index (χ4v) is 3.73. The molecule has 0 saturated carbocycles. The first-order valence-electron chi connectivity index (χ1n) is 10.4. The van der Waals surface area contributed by atoms with Gasteiger partial charge in [0.05, 0.1) is 13.0 Å². The minimum absolute atomic E-state index is 0.0232. The molecule has 31 heavy (non-hydrogen) atoms. The predicted octanol–water partition coefficient (Wildman–Crippen LogP) is 3.78. The van der Waals surface area contributed by atoms with Crippen molar-refractivity contribution < 1.29 is 19.1 Å². The average Bonchev–Trinajstić information content (AvgIpc) is 2.77. The van der Waals surface area contributed by atoms with Crippen LogP contribution in [0.2, 0.25) is 0 Å². The molecule has 0 atom stereocenters. The Morgan fingerprint density at radius 1 is 1.03 bits per heavy atom. The van der Waals surface area contributed by atoms with Gasteiger partial charge in [0.1, 0.15) is 12.4 Å². The third kappa shape index (κ3) is 4.97. The van der Waals surface area contributed by atoms with Gasteiger partial charge < -0.3 is 19.7 Å². The Labute approximate surface area is 181 Å². The van der Waals surface area contributed by atoms with Gasteiger partial charge in [-0.05, 0) is 40.5 Å². The van der Waals surface area contributed by atoms with Crippen molar-refractivity contribution >= 4 is 22.8 Å². The number of nitrogens with one attached hydrogen (secondary N) is 1. The maximum Gasteiger partial charge on any atom is 0.410 e. The Hall–Kier alpha value is -3.54. The molecule has 1 fully saturated rings. The van der Waals surface area contributed by atoms with Gasteiger partial charge in [0.25, 0.3) is 0 Å². The zero-order valence-corrected chi connectivity index (χ0v) is 17.5. The van der Waals surface area contributed by atoms with Crippen LogP contribution in [0.1, 0.15) is 11.1 Å². The van der Waals surface area contributed by atoms with Gasteiger partial charge in [-0.1, -0.05) is 54.6 Å². The lowest BCUT2D eigenvalue weighted by Crippen LogP contribution is -2.56. The van der Waals surface area contributed by atoms with Gasteiger partial charge in [-0.15, -0.1) is 0 Å². The number of hydrogen-bond acceptors (Lipinski definition) is 4. The Balaban J connectivity index is 1.22. The van der Waals surface area contributed by atoms with E-state index in [4.69, 9.17) is 9.47 Å². The number of nitrogens with zero attached hydrogens (tertiary/aromatic N) is 1. The molecule has 1 aliphatic heterocycles. The van der Waals surface area contributed by atoms with Crippen LogP contribution in [0.5, 0.6) is 5.75 Å². The largest absolute Gasteiger partial charge is 0.497 e. The van der Waals surface area contributed by atoms with Crippen molar-refractivity contribution in [3.05, 3.63) is 77.9 Å². The van der Waals surface area contributed by atoms with Crippen molar-refractivity contribution in [1.82, 2.24) is 10.2 Å². The second kappa shape index (κ2) is 9.51. The summed E-state index contributed by atoms with van der Waals surface area (Å²) in [6, 6.07) is 21.7. The molecule has 0 radical (unpaired) electrons. The molecule has 1 saturated heterocycles. The quantitative estimate of drug-likeness (QED) is 0.634. The summed E-state index contributed by atoms with van der Waals surface area (Å²) in [5, 5.41) is 5.27. The highest BCUT2D eigenvalue weighted by Gasteiger charge is 2.36. The molecule has 4 rings (SSSR count). The average molecular weight is 418 g/mol. The molecule has 0 aliphatic carbocycles. The van der Waals surface area contributed by atoms with Crippen LogP contribution < -0.4 is 10.1 Å². The van der Waals surface area contributed by atoms with Crippen LogP contribution in [-0.4, -0.2) is 43.6 Å². The summed E-state index contributed by atoms with van der Waals surface area (Å²) in [6.07, 6.45) is 0.351. The van der Waals surface area contributed by atoms with E-state index in [-0.39, 0.29) is 24.5 Å². The van der Waals surface area contributed by atoms with Crippen molar-refractivity contribution in [2.75, 3.05) is 26.7 Å². The van der Waals surface area contributed by atoms with E-state index in [1.54, 1.807) is 12.0 Å². The van der Waals surface area contributed by atoms with E-state index < -0.39 is 0 Å². The Morgan fingerprint density at radius 3 is 2.61 bits per heavy atom. The van der Waals surface area contributed by atoms with Crippen molar-refractivity contribution in [3.63, 3.8) is 0 Å². The van der Waals surface area contributed by atoms with Crippen molar-refractivity contribution in [2.45, 2.75) is 13.0 Å². The van der Waals surface area contributed by atoms with Gasteiger partial charge in [-0.25, -0.2) is 4.79 Å². The van der Waals surface area contributed by atoms with E-state index in [0.717, 1.165) is 34.1 Å². The summed E-state index contributed by atoms with van der Waals surface area (Å²) in [5.74, 6) is 0.611. The second-order valence-electron chi connectivity index (χ2n) is 7.69. The van der Waals surface area contributed by atoms with E-state index in [0.29, 0.717) is 19.6 Å². The summed E-state index contributed by atoms with van der Waals surface area (Å²) < 4.78 is 10.6. The van der Waals surface area contributed by atoms with Crippen LogP contribution in [0.3, 0.4) is 0 Å². The molecule has 0 unspecified atom stereocenters. The zero-order valence-electron chi connectivity index (χ0n) is 17.5. The van der Waals surface area contributed by atoms with Gasteiger partial charge in [0.15, 0.2) is 0 Å². The number of hydrogen-bond donors (Lipinski definition) is 1. The minimum atomic E-state index is -0.377. The van der Waals surface area contributed by atoms with Crippen LogP contribution in [0, 0.1) is 5.92 Å². The molecule has 0 aromatic heterocycles. The maximum absolute atomic E-state index is 12.4. The minimum Gasteiger partial charge on any atom is -0.497 e. The lowest BCUT2D eigenvalue weighted by Gasteiger charge is -2.37. The number of rotatable bonds is 7. The number of amides is 2. The first-order chi connectivity index (χ1) is 15.1. The van der Waals surface area contributed by atoms with Gasteiger partial charge in [-0.2, -0.15) is 0 Å². The molecule has 6 heteroatoms. The topological polar surface area (TPSA) is 67.9 Å². The lowest BCUT2D eigenvalue weighted by molar-refractivity contribution is -0.129. The number of ether oxygens (including phenoxy) is 2. The van der Waals surface area contributed by atoms with Crippen LogP contribution >= 0.6 is 0 Å². The molecule has 1 aliphatic rings. The van der Waals surface area contributed by atoms with E-state index in [2.05, 4.69) is 17.4 Å². The molecule has 160 valence electrons. The smallest absolute Gasteiger partial charge is 0.410 e. The Kier molecular flexibility index (Phi) is 6.36. The number of fused-ring (bicyclic) bond motifs is 1. The monoisotopic (exact) mass is 418 g/mol. The number of benzene rings is 3. The van der Waals surface area contributed by atoms with Gasteiger partial charge in [0.2, 0.25) is 5.91 Å². The normalized spacial score (nSPS) is 13.5. The number of carbonyl (C=O) groups is 2. The highest BCUT2D eigenvalue weighted by molar-refractivity contribution is 5.87. The summed E-state index contributed by atoms with van der Waals surface area (Å²) in [6.45, 7) is 1.57. The standard InChI is InChI=1S/C25H26N2O4/c1-30-22-11-10-19-8-5-9-20(23(19)14-22)12-13-26-24(28)21-15-27(16-21)25(29)31-17-18-6-3-2-4-7-18/h2-11,14,21H,12-13,15-17H2,1H3,(H,26,28). The van der Waals surface area contributed by atoms with Crippen LogP contribution in [0.25, 0.3) is 10.8 Å². The molecule has 0 bridgehead atoms. The summed E-state index contributed by atoms with van der Waals surface area (Å²) in [7, 11) is 1.66. The molecule has 2 amide bonds. The van der Waals surface area contributed by atoms with Crippen molar-refractivity contribution in [3.8, 4) is 5.75 Å². The molecule has 3 aromatic carbocycles. The van der Waals surface area contributed by atoms with E-state index in [1.807, 2.05) is 54.6 Å². The van der Waals surface area contributed by atoms with Gasteiger partial charge in [-0.3, -0.25) is 4.79 Å². The molecular weight excluding hydrogens is 392 g/mol. The first kappa shape index (κ1) is 20.7. The first-order valence-corrected chi connectivity index (χ1v) is 10.4. The Morgan fingerprint density at radius 2 is 1.84 bits per heavy atom. The lowest BCUT2D eigenvalue weighted by atomic mass is 9.99. The van der Waals surface area contributed by atoms with Crippen LogP contribution in [0.15, 0.2) is 66.7 Å². The number of likely N-dealkylation sites (tertiary alicyclic amines) is 1.